The molecule has 0 fully saturated rings. The lowest BCUT2D eigenvalue weighted by Gasteiger charge is -2.02. The molecule has 0 bridgehead atoms. The highest BCUT2D eigenvalue weighted by Crippen LogP contribution is 2.12. The van der Waals surface area contributed by atoms with Gasteiger partial charge in [-0.25, -0.2) is 4.79 Å². The zero-order chi connectivity index (χ0) is 11.4. The Balaban J connectivity index is 2.04. The van der Waals surface area contributed by atoms with Gasteiger partial charge in [-0.3, -0.25) is 4.98 Å². The van der Waals surface area contributed by atoms with Crippen LogP contribution >= 0.6 is 12.6 Å². The maximum absolute atomic E-state index is 11.0. The number of fused-ring (bicyclic) bond motifs is 1. The van der Waals surface area contributed by atoms with E-state index in [0.29, 0.717) is 5.58 Å². The molecule has 1 heterocycles. The van der Waals surface area contributed by atoms with E-state index in [0.717, 1.165) is 36.3 Å². The van der Waals surface area contributed by atoms with Gasteiger partial charge in [0.1, 0.15) is 0 Å². The first-order valence-corrected chi connectivity index (χ1v) is 5.86. The number of rotatable bonds is 5. The Kier molecular flexibility index (Phi) is 3.69. The zero-order valence-electron chi connectivity index (χ0n) is 8.82. The van der Waals surface area contributed by atoms with Crippen LogP contribution in [0.15, 0.2) is 27.4 Å². The molecule has 4 nitrogen and oxygen atoms in total. The number of oxazole rings is 1. The Morgan fingerprint density at radius 3 is 3.06 bits per heavy atom. The summed E-state index contributed by atoms with van der Waals surface area (Å²) in [7, 11) is 0. The van der Waals surface area contributed by atoms with E-state index in [9.17, 15) is 4.79 Å². The topological polar surface area (TPSA) is 58.0 Å². The minimum absolute atomic E-state index is 0.402. The fraction of sp³-hybridized carbons (Fsp3) is 0.364. The lowest BCUT2D eigenvalue weighted by molar-refractivity contribution is 0.555. The molecule has 2 rings (SSSR count). The van der Waals surface area contributed by atoms with E-state index < -0.39 is 5.76 Å². The molecule has 0 spiro atoms. The summed E-state index contributed by atoms with van der Waals surface area (Å²) in [6.07, 6.45) is 0.915. The maximum atomic E-state index is 11.0. The Morgan fingerprint density at radius 2 is 2.25 bits per heavy atom. The molecule has 0 aliphatic heterocycles. The summed E-state index contributed by atoms with van der Waals surface area (Å²) in [5, 5.41) is 3.26. The van der Waals surface area contributed by atoms with Crippen molar-refractivity contribution >= 4 is 23.7 Å². The molecule has 5 heteroatoms. The average Bonchev–Trinajstić information content (AvgIpc) is 2.64. The molecule has 2 aromatic rings. The minimum atomic E-state index is -0.402. The van der Waals surface area contributed by atoms with E-state index in [1.165, 1.54) is 0 Å². The number of aromatic amines is 1. The second-order valence-electron chi connectivity index (χ2n) is 3.57. The molecule has 0 aliphatic rings. The van der Waals surface area contributed by atoms with Crippen molar-refractivity contribution in [2.75, 3.05) is 18.8 Å². The molecule has 1 aromatic carbocycles. The summed E-state index contributed by atoms with van der Waals surface area (Å²) in [4.78, 5) is 13.6. The molecule has 86 valence electrons. The summed E-state index contributed by atoms with van der Waals surface area (Å²) in [6.45, 7) is 1.81. The number of nitrogens with one attached hydrogen (secondary N) is 2. The van der Waals surface area contributed by atoms with Crippen molar-refractivity contribution in [1.29, 1.82) is 0 Å². The lowest BCUT2D eigenvalue weighted by Crippen LogP contribution is -2.19. The van der Waals surface area contributed by atoms with Gasteiger partial charge >= 0.3 is 5.76 Å². The molecule has 0 saturated heterocycles. The molecule has 16 heavy (non-hydrogen) atoms. The van der Waals surface area contributed by atoms with Gasteiger partial charge in [-0.2, -0.15) is 12.6 Å². The van der Waals surface area contributed by atoms with Crippen molar-refractivity contribution in [2.45, 2.75) is 6.42 Å². The molecule has 0 saturated carbocycles. The van der Waals surface area contributed by atoms with E-state index in [1.807, 2.05) is 18.2 Å². The second kappa shape index (κ2) is 5.23. The molecule has 0 amide bonds. The lowest BCUT2D eigenvalue weighted by atomic mass is 10.1. The normalized spacial score (nSPS) is 11.1. The molecule has 0 atom stereocenters. The standard InChI is InChI=1S/C11H14N2O2S/c14-11-13-9-2-1-8(7-10(9)15-11)3-4-12-5-6-16/h1-2,7,12,16H,3-6H2,(H,13,14). The Labute approximate surface area is 98.5 Å². The quantitative estimate of drug-likeness (QED) is 0.541. The third-order valence-corrected chi connectivity index (χ3v) is 2.59. The van der Waals surface area contributed by atoms with Crippen LogP contribution in [0.3, 0.4) is 0 Å². The molecule has 0 radical (unpaired) electrons. The van der Waals surface area contributed by atoms with Crippen LogP contribution in [-0.4, -0.2) is 23.8 Å². The van der Waals surface area contributed by atoms with Gasteiger partial charge in [0.2, 0.25) is 0 Å². The maximum Gasteiger partial charge on any atom is 0.417 e. The smallest absolute Gasteiger partial charge is 0.408 e. The average molecular weight is 238 g/mol. The molecule has 0 aliphatic carbocycles. The van der Waals surface area contributed by atoms with Gasteiger partial charge < -0.3 is 9.73 Å². The summed E-state index contributed by atoms with van der Waals surface area (Å²) >= 11 is 4.12. The second-order valence-corrected chi connectivity index (χ2v) is 4.02. The summed E-state index contributed by atoms with van der Waals surface area (Å²) in [5.41, 5.74) is 2.52. The third kappa shape index (κ3) is 2.68. The molecular weight excluding hydrogens is 224 g/mol. The number of thiol groups is 1. The highest BCUT2D eigenvalue weighted by atomic mass is 32.1. The number of hydrogen-bond donors (Lipinski definition) is 3. The first-order valence-electron chi connectivity index (χ1n) is 5.23. The first kappa shape index (κ1) is 11.3. The number of benzene rings is 1. The fourth-order valence-electron chi connectivity index (χ4n) is 1.58. The van der Waals surface area contributed by atoms with Crippen molar-refractivity contribution in [2.24, 2.45) is 0 Å². The molecule has 0 unspecified atom stereocenters. The van der Waals surface area contributed by atoms with E-state index in [1.54, 1.807) is 0 Å². The fourth-order valence-corrected chi connectivity index (χ4v) is 1.74. The van der Waals surface area contributed by atoms with Gasteiger partial charge in [-0.15, -0.1) is 0 Å². The van der Waals surface area contributed by atoms with Crippen LogP contribution in [0.1, 0.15) is 5.56 Å². The predicted octanol–water partition coefficient (Wildman–Crippen LogP) is 1.18. The van der Waals surface area contributed by atoms with Crippen LogP contribution < -0.4 is 11.1 Å². The molecule has 2 N–H and O–H groups in total. The van der Waals surface area contributed by atoms with Gasteiger partial charge in [0.15, 0.2) is 5.58 Å². The Hall–Kier alpha value is -1.20. The monoisotopic (exact) mass is 238 g/mol. The van der Waals surface area contributed by atoms with Crippen molar-refractivity contribution < 1.29 is 4.42 Å². The van der Waals surface area contributed by atoms with Gasteiger partial charge in [0.25, 0.3) is 0 Å². The molecular formula is C11H14N2O2S. The largest absolute Gasteiger partial charge is 0.417 e. The number of H-pyrrole nitrogens is 1. The zero-order valence-corrected chi connectivity index (χ0v) is 9.72. The van der Waals surface area contributed by atoms with E-state index in [4.69, 9.17) is 4.42 Å². The van der Waals surface area contributed by atoms with Crippen molar-refractivity contribution in [3.63, 3.8) is 0 Å². The highest BCUT2D eigenvalue weighted by Gasteiger charge is 2.01. The molecule has 1 aromatic heterocycles. The Morgan fingerprint density at radius 1 is 1.38 bits per heavy atom. The Bertz CT molecular complexity index is 518. The van der Waals surface area contributed by atoms with Crippen LogP contribution in [0.25, 0.3) is 11.1 Å². The number of aromatic nitrogens is 1. The highest BCUT2D eigenvalue weighted by molar-refractivity contribution is 7.80. The number of hydrogen-bond acceptors (Lipinski definition) is 4. The van der Waals surface area contributed by atoms with Gasteiger partial charge in [-0.1, -0.05) is 6.07 Å². The van der Waals surface area contributed by atoms with Crippen molar-refractivity contribution in [3.8, 4) is 0 Å². The van der Waals surface area contributed by atoms with Crippen LogP contribution in [0, 0.1) is 0 Å². The summed E-state index contributed by atoms with van der Waals surface area (Å²) in [6, 6.07) is 5.76. The van der Waals surface area contributed by atoms with Crippen LogP contribution in [0.5, 0.6) is 0 Å². The predicted molar refractivity (Wildman–Crippen MR) is 67.3 cm³/mol. The SMILES string of the molecule is O=c1[nH]c2ccc(CCNCCS)cc2o1. The summed E-state index contributed by atoms with van der Waals surface area (Å²) in [5.74, 6) is 0.437. The van der Waals surface area contributed by atoms with E-state index in [2.05, 4.69) is 22.9 Å². The minimum Gasteiger partial charge on any atom is -0.408 e. The van der Waals surface area contributed by atoms with Gasteiger partial charge in [0.05, 0.1) is 5.52 Å². The first-order chi connectivity index (χ1) is 7.79. The van der Waals surface area contributed by atoms with Crippen molar-refractivity contribution in [1.82, 2.24) is 10.3 Å². The van der Waals surface area contributed by atoms with E-state index in [-0.39, 0.29) is 0 Å². The van der Waals surface area contributed by atoms with Gasteiger partial charge in [0, 0.05) is 12.3 Å². The third-order valence-electron chi connectivity index (χ3n) is 2.36. The van der Waals surface area contributed by atoms with Crippen molar-refractivity contribution in [3.05, 3.63) is 34.3 Å². The van der Waals surface area contributed by atoms with Crippen LogP contribution in [0.2, 0.25) is 0 Å². The summed E-state index contributed by atoms with van der Waals surface area (Å²) < 4.78 is 4.99. The van der Waals surface area contributed by atoms with Crippen LogP contribution in [0.4, 0.5) is 0 Å². The van der Waals surface area contributed by atoms with Gasteiger partial charge in [-0.05, 0) is 30.7 Å². The van der Waals surface area contributed by atoms with E-state index >= 15 is 0 Å². The van der Waals surface area contributed by atoms with Crippen LogP contribution in [-0.2, 0) is 6.42 Å².